The molecule has 1 aliphatic rings. The van der Waals surface area contributed by atoms with Gasteiger partial charge in [0.05, 0.1) is 23.9 Å². The summed E-state index contributed by atoms with van der Waals surface area (Å²) in [5.41, 5.74) is 6.01. The van der Waals surface area contributed by atoms with E-state index < -0.39 is 11.6 Å². The molecule has 3 nitrogen and oxygen atoms in total. The van der Waals surface area contributed by atoms with Crippen molar-refractivity contribution in [3.05, 3.63) is 23.8 Å². The van der Waals surface area contributed by atoms with Gasteiger partial charge in [0.1, 0.15) is 0 Å². The van der Waals surface area contributed by atoms with Crippen LogP contribution in [0, 0.1) is 23.0 Å². The van der Waals surface area contributed by atoms with E-state index in [9.17, 15) is 8.78 Å². The average molecular weight is 237 g/mol. The molecular formula is C12H13F2N3. The molecule has 0 atom stereocenters. The number of halogens is 2. The molecule has 90 valence electrons. The Kier molecular flexibility index (Phi) is 3.14. The predicted octanol–water partition coefficient (Wildman–Crippen LogP) is 2.43. The molecule has 17 heavy (non-hydrogen) atoms. The minimum atomic E-state index is -0.921. The van der Waals surface area contributed by atoms with E-state index in [1.165, 1.54) is 6.07 Å². The van der Waals surface area contributed by atoms with Crippen LogP contribution in [0.2, 0.25) is 0 Å². The summed E-state index contributed by atoms with van der Waals surface area (Å²) in [4.78, 5) is 1.71. The van der Waals surface area contributed by atoms with Gasteiger partial charge < -0.3 is 10.6 Å². The van der Waals surface area contributed by atoms with E-state index in [-0.39, 0.29) is 23.8 Å². The highest BCUT2D eigenvalue weighted by Gasteiger charge is 2.32. The molecule has 2 rings (SSSR count). The van der Waals surface area contributed by atoms with E-state index in [0.29, 0.717) is 6.54 Å². The smallest absolute Gasteiger partial charge is 0.184 e. The SMILES string of the molecule is N#CCCN(c1c(N)ccc(F)c1F)C1CC1. The Labute approximate surface area is 98.4 Å². The van der Waals surface area contributed by atoms with Crippen molar-refractivity contribution in [2.75, 3.05) is 17.2 Å². The zero-order valence-corrected chi connectivity index (χ0v) is 9.29. The van der Waals surface area contributed by atoms with Crippen molar-refractivity contribution in [3.8, 4) is 6.07 Å². The minimum Gasteiger partial charge on any atom is -0.397 e. The number of hydrogen-bond acceptors (Lipinski definition) is 3. The topological polar surface area (TPSA) is 53.0 Å². The third-order valence-corrected chi connectivity index (χ3v) is 2.84. The van der Waals surface area contributed by atoms with E-state index in [4.69, 9.17) is 11.0 Å². The minimum absolute atomic E-state index is 0.0998. The number of nitrogen functional groups attached to an aromatic ring is 1. The van der Waals surface area contributed by atoms with Crippen LogP contribution in [0.4, 0.5) is 20.2 Å². The number of nitrogens with two attached hydrogens (primary N) is 1. The third-order valence-electron chi connectivity index (χ3n) is 2.84. The third kappa shape index (κ3) is 2.31. The second kappa shape index (κ2) is 4.58. The summed E-state index contributed by atoms with van der Waals surface area (Å²) in [6, 6.07) is 4.56. The van der Waals surface area contributed by atoms with Crippen molar-refractivity contribution in [1.29, 1.82) is 5.26 Å². The number of benzene rings is 1. The molecule has 1 aromatic rings. The zero-order chi connectivity index (χ0) is 12.4. The Morgan fingerprint density at radius 2 is 2.12 bits per heavy atom. The second-order valence-electron chi connectivity index (χ2n) is 4.13. The van der Waals surface area contributed by atoms with Crippen molar-refractivity contribution in [2.45, 2.75) is 25.3 Å². The van der Waals surface area contributed by atoms with Gasteiger partial charge in [0.15, 0.2) is 11.6 Å². The first-order chi connectivity index (χ1) is 8.15. The van der Waals surface area contributed by atoms with E-state index in [2.05, 4.69) is 0 Å². The molecule has 1 fully saturated rings. The van der Waals surface area contributed by atoms with Crippen molar-refractivity contribution in [3.63, 3.8) is 0 Å². The van der Waals surface area contributed by atoms with Gasteiger partial charge in [0, 0.05) is 12.6 Å². The Morgan fingerprint density at radius 1 is 1.41 bits per heavy atom. The predicted molar refractivity (Wildman–Crippen MR) is 61.4 cm³/mol. The molecule has 0 aliphatic heterocycles. The zero-order valence-electron chi connectivity index (χ0n) is 9.29. The van der Waals surface area contributed by atoms with Crippen LogP contribution in [0.5, 0.6) is 0 Å². The number of rotatable bonds is 4. The summed E-state index contributed by atoms with van der Waals surface area (Å²) in [6.07, 6.45) is 2.13. The summed E-state index contributed by atoms with van der Waals surface area (Å²) in [5, 5.41) is 8.58. The molecule has 0 aromatic heterocycles. The van der Waals surface area contributed by atoms with Crippen LogP contribution >= 0.6 is 0 Å². The highest BCUT2D eigenvalue weighted by molar-refractivity contribution is 5.69. The molecule has 0 unspecified atom stereocenters. The van der Waals surface area contributed by atoms with Gasteiger partial charge in [-0.1, -0.05) is 0 Å². The Balaban J connectivity index is 2.35. The number of nitriles is 1. The first-order valence-electron chi connectivity index (χ1n) is 5.52. The van der Waals surface area contributed by atoms with Gasteiger partial charge >= 0.3 is 0 Å². The molecule has 0 heterocycles. The fourth-order valence-corrected chi connectivity index (χ4v) is 1.88. The van der Waals surface area contributed by atoms with Gasteiger partial charge in [-0.05, 0) is 25.0 Å². The second-order valence-corrected chi connectivity index (χ2v) is 4.13. The van der Waals surface area contributed by atoms with E-state index in [0.717, 1.165) is 18.9 Å². The summed E-state index contributed by atoms with van der Waals surface area (Å²) in [5.74, 6) is -1.83. The molecule has 5 heteroatoms. The Hall–Kier alpha value is -1.83. The van der Waals surface area contributed by atoms with Crippen LogP contribution in [0.3, 0.4) is 0 Å². The molecule has 0 amide bonds. The average Bonchev–Trinajstić information content (AvgIpc) is 3.12. The van der Waals surface area contributed by atoms with Crippen LogP contribution in [-0.4, -0.2) is 12.6 Å². The lowest BCUT2D eigenvalue weighted by atomic mass is 10.2. The summed E-state index contributed by atoms with van der Waals surface area (Å²) < 4.78 is 27.0. The Bertz CT molecular complexity index is 464. The molecular weight excluding hydrogens is 224 g/mol. The largest absolute Gasteiger partial charge is 0.397 e. The van der Waals surface area contributed by atoms with Crippen molar-refractivity contribution in [1.82, 2.24) is 0 Å². The quantitative estimate of drug-likeness (QED) is 0.818. The van der Waals surface area contributed by atoms with E-state index >= 15 is 0 Å². The first-order valence-corrected chi connectivity index (χ1v) is 5.52. The number of anilines is 2. The normalized spacial score (nSPS) is 14.4. The number of nitrogens with zero attached hydrogens (tertiary/aromatic N) is 2. The monoisotopic (exact) mass is 237 g/mol. The molecule has 0 bridgehead atoms. The van der Waals surface area contributed by atoms with Crippen LogP contribution in [-0.2, 0) is 0 Å². The van der Waals surface area contributed by atoms with Crippen molar-refractivity contribution < 1.29 is 8.78 Å². The first kappa shape index (κ1) is 11.6. The van der Waals surface area contributed by atoms with Crippen molar-refractivity contribution >= 4 is 11.4 Å². The van der Waals surface area contributed by atoms with Gasteiger partial charge in [0.25, 0.3) is 0 Å². The highest BCUT2D eigenvalue weighted by Crippen LogP contribution is 2.37. The van der Waals surface area contributed by atoms with Crippen LogP contribution in [0.1, 0.15) is 19.3 Å². The molecule has 2 N–H and O–H groups in total. The maximum atomic E-state index is 13.7. The lowest BCUT2D eigenvalue weighted by Crippen LogP contribution is -2.28. The maximum Gasteiger partial charge on any atom is 0.184 e. The van der Waals surface area contributed by atoms with Crippen molar-refractivity contribution in [2.24, 2.45) is 0 Å². The molecule has 0 spiro atoms. The molecule has 0 saturated heterocycles. The molecule has 0 radical (unpaired) electrons. The lowest BCUT2D eigenvalue weighted by molar-refractivity contribution is 0.506. The van der Waals surface area contributed by atoms with Gasteiger partial charge in [-0.3, -0.25) is 0 Å². The van der Waals surface area contributed by atoms with Gasteiger partial charge in [-0.15, -0.1) is 0 Å². The highest BCUT2D eigenvalue weighted by atomic mass is 19.2. The fraction of sp³-hybridized carbons (Fsp3) is 0.417. The summed E-state index contributed by atoms with van der Waals surface area (Å²) >= 11 is 0. The standard InChI is InChI=1S/C12H13F2N3/c13-9-4-5-10(16)12(11(9)14)17(7-1-6-15)8-2-3-8/h4-5,8H,1-3,7,16H2. The molecule has 1 saturated carbocycles. The van der Waals surface area contributed by atoms with E-state index in [1.54, 1.807) is 4.90 Å². The lowest BCUT2D eigenvalue weighted by Gasteiger charge is -2.25. The maximum absolute atomic E-state index is 13.7. The number of hydrogen-bond donors (Lipinski definition) is 1. The molecule has 1 aromatic carbocycles. The fourth-order valence-electron chi connectivity index (χ4n) is 1.88. The van der Waals surface area contributed by atoms with Gasteiger partial charge in [0.2, 0.25) is 0 Å². The van der Waals surface area contributed by atoms with Gasteiger partial charge in [-0.25, -0.2) is 8.78 Å². The summed E-state index contributed by atoms with van der Waals surface area (Å²) in [7, 11) is 0. The summed E-state index contributed by atoms with van der Waals surface area (Å²) in [6.45, 7) is 0.381. The van der Waals surface area contributed by atoms with Crippen LogP contribution < -0.4 is 10.6 Å². The Morgan fingerprint density at radius 3 is 2.71 bits per heavy atom. The van der Waals surface area contributed by atoms with Crippen LogP contribution in [0.25, 0.3) is 0 Å². The molecule has 1 aliphatic carbocycles. The van der Waals surface area contributed by atoms with Gasteiger partial charge in [-0.2, -0.15) is 5.26 Å². The van der Waals surface area contributed by atoms with Crippen LogP contribution in [0.15, 0.2) is 12.1 Å². The van der Waals surface area contributed by atoms with E-state index in [1.807, 2.05) is 6.07 Å².